The molecule has 2 aromatic heterocycles. The van der Waals surface area contributed by atoms with Crippen molar-refractivity contribution in [3.8, 4) is 0 Å². The minimum atomic E-state index is -3.70. The molecule has 0 aliphatic carbocycles. The van der Waals surface area contributed by atoms with E-state index in [1.165, 1.54) is 12.5 Å². The van der Waals surface area contributed by atoms with E-state index >= 15 is 0 Å². The first-order valence-electron chi connectivity index (χ1n) is 5.74. The van der Waals surface area contributed by atoms with Crippen LogP contribution in [0.25, 0.3) is 0 Å². The molecule has 0 fully saturated rings. The van der Waals surface area contributed by atoms with Gasteiger partial charge in [0.15, 0.2) is 0 Å². The predicted octanol–water partition coefficient (Wildman–Crippen LogP) is 0.0817. The number of furan rings is 1. The molecule has 9 heteroatoms. The van der Waals surface area contributed by atoms with Crippen molar-refractivity contribution in [2.45, 2.75) is 17.9 Å². The van der Waals surface area contributed by atoms with Crippen LogP contribution in [-0.4, -0.2) is 35.8 Å². The van der Waals surface area contributed by atoms with Crippen molar-refractivity contribution in [1.29, 1.82) is 0 Å². The summed E-state index contributed by atoms with van der Waals surface area (Å²) in [5.41, 5.74) is 0. The zero-order valence-corrected chi connectivity index (χ0v) is 11.2. The number of carboxylic acids is 1. The highest BCUT2D eigenvalue weighted by Gasteiger charge is 2.16. The summed E-state index contributed by atoms with van der Waals surface area (Å²) in [6, 6.07) is 3.47. The van der Waals surface area contributed by atoms with Crippen LogP contribution < -0.4 is 4.72 Å². The van der Waals surface area contributed by atoms with Crippen molar-refractivity contribution < 1.29 is 22.7 Å². The molecule has 0 saturated heterocycles. The smallest absolute Gasteiger partial charge is 0.325 e. The number of nitrogens with one attached hydrogen (secondary N) is 1. The van der Waals surface area contributed by atoms with Crippen LogP contribution in [0.15, 0.2) is 40.1 Å². The number of carboxylic acid groups (broad SMARTS) is 1. The van der Waals surface area contributed by atoms with Gasteiger partial charge in [-0.05, 0) is 12.1 Å². The maximum Gasteiger partial charge on any atom is 0.325 e. The lowest BCUT2D eigenvalue weighted by Gasteiger charge is -2.03. The quantitative estimate of drug-likeness (QED) is 0.748. The Kier molecular flexibility index (Phi) is 4.20. The number of sulfonamides is 1. The molecule has 8 nitrogen and oxygen atoms in total. The number of hydrogen-bond acceptors (Lipinski definition) is 5. The van der Waals surface area contributed by atoms with E-state index in [-0.39, 0.29) is 18.0 Å². The third kappa shape index (κ3) is 3.68. The first kappa shape index (κ1) is 14.3. The average Bonchev–Trinajstić information content (AvgIpc) is 2.99. The highest BCUT2D eigenvalue weighted by molar-refractivity contribution is 7.89. The lowest BCUT2D eigenvalue weighted by Crippen LogP contribution is -2.25. The van der Waals surface area contributed by atoms with Crippen LogP contribution >= 0.6 is 0 Å². The van der Waals surface area contributed by atoms with E-state index < -0.39 is 16.0 Å². The molecule has 108 valence electrons. The Hall–Kier alpha value is -2.13. The Morgan fingerprint density at radius 2 is 2.30 bits per heavy atom. The summed E-state index contributed by atoms with van der Waals surface area (Å²) in [5.74, 6) is -0.419. The first-order valence-corrected chi connectivity index (χ1v) is 7.22. The number of nitrogens with zero attached hydrogens (tertiary/aromatic N) is 2. The van der Waals surface area contributed by atoms with Crippen molar-refractivity contribution >= 4 is 16.0 Å². The summed E-state index contributed by atoms with van der Waals surface area (Å²) in [6.07, 6.45) is 4.22. The lowest BCUT2D eigenvalue weighted by molar-refractivity contribution is -0.137. The minimum Gasteiger partial charge on any atom is -0.480 e. The molecule has 0 atom stereocenters. The minimum absolute atomic E-state index is 0.0711. The van der Waals surface area contributed by atoms with Gasteiger partial charge in [0, 0.05) is 19.2 Å². The van der Waals surface area contributed by atoms with Crippen LogP contribution in [0, 0.1) is 0 Å². The molecule has 0 saturated carbocycles. The van der Waals surface area contributed by atoms with E-state index in [0.29, 0.717) is 12.2 Å². The maximum absolute atomic E-state index is 11.9. The Morgan fingerprint density at radius 1 is 1.50 bits per heavy atom. The molecule has 0 aliphatic rings. The third-order valence-corrected chi connectivity index (χ3v) is 3.88. The van der Waals surface area contributed by atoms with Crippen molar-refractivity contribution in [2.75, 3.05) is 6.54 Å². The molecule has 0 unspecified atom stereocenters. The topological polar surface area (TPSA) is 114 Å². The molecule has 0 aliphatic heterocycles. The first-order chi connectivity index (χ1) is 9.47. The number of rotatable bonds is 7. The highest BCUT2D eigenvalue weighted by Crippen LogP contribution is 2.07. The van der Waals surface area contributed by atoms with E-state index in [1.807, 2.05) is 0 Å². The molecule has 2 N–H and O–H groups in total. The van der Waals surface area contributed by atoms with Crippen molar-refractivity contribution in [3.63, 3.8) is 0 Å². The van der Waals surface area contributed by atoms with Crippen LogP contribution in [0.2, 0.25) is 0 Å². The molecule has 0 spiro atoms. The molecule has 2 rings (SSSR count). The standard InChI is InChI=1S/C11H13N3O5S/c15-11(16)8-14-7-10(6-12-14)20(17,18)13-4-3-9-2-1-5-19-9/h1-2,5-7,13H,3-4,8H2,(H,15,16). The van der Waals surface area contributed by atoms with Gasteiger partial charge in [0.05, 0.1) is 12.5 Å². The van der Waals surface area contributed by atoms with Crippen LogP contribution in [0.1, 0.15) is 5.76 Å². The van der Waals surface area contributed by atoms with Crippen LogP contribution in [0.4, 0.5) is 0 Å². The number of carbonyl (C=O) groups is 1. The third-order valence-electron chi connectivity index (χ3n) is 2.46. The number of aliphatic carboxylic acids is 1. The molecule has 0 radical (unpaired) electrons. The van der Waals surface area contributed by atoms with E-state index in [1.54, 1.807) is 12.1 Å². The summed E-state index contributed by atoms with van der Waals surface area (Å²) in [6.45, 7) is -0.206. The van der Waals surface area contributed by atoms with Gasteiger partial charge in [-0.3, -0.25) is 9.48 Å². The fraction of sp³-hybridized carbons (Fsp3) is 0.273. The van der Waals surface area contributed by atoms with Crippen LogP contribution in [0.5, 0.6) is 0 Å². The van der Waals surface area contributed by atoms with Crippen molar-refractivity contribution in [2.24, 2.45) is 0 Å². The number of aromatic nitrogens is 2. The van der Waals surface area contributed by atoms with Crippen molar-refractivity contribution in [1.82, 2.24) is 14.5 Å². The van der Waals surface area contributed by atoms with Gasteiger partial charge in [-0.2, -0.15) is 5.10 Å². The summed E-state index contributed by atoms with van der Waals surface area (Å²) >= 11 is 0. The van der Waals surface area contributed by atoms with Gasteiger partial charge in [-0.15, -0.1) is 0 Å². The van der Waals surface area contributed by atoms with Gasteiger partial charge in [0.2, 0.25) is 10.0 Å². The van der Waals surface area contributed by atoms with Crippen LogP contribution in [0.3, 0.4) is 0 Å². The highest BCUT2D eigenvalue weighted by atomic mass is 32.2. The SMILES string of the molecule is O=C(O)Cn1cc(S(=O)(=O)NCCc2ccco2)cn1. The fourth-order valence-corrected chi connectivity index (χ4v) is 2.54. The summed E-state index contributed by atoms with van der Waals surface area (Å²) < 4.78 is 32.4. The Balaban J connectivity index is 1.95. The van der Waals surface area contributed by atoms with Gasteiger partial charge >= 0.3 is 5.97 Å². The molecule has 0 aromatic carbocycles. The zero-order chi connectivity index (χ0) is 14.6. The second-order valence-electron chi connectivity index (χ2n) is 3.99. The maximum atomic E-state index is 11.9. The Morgan fingerprint density at radius 3 is 2.95 bits per heavy atom. The second-order valence-corrected chi connectivity index (χ2v) is 5.76. The Labute approximate surface area is 115 Å². The summed E-state index contributed by atoms with van der Waals surface area (Å²) in [5, 5.41) is 12.3. The van der Waals surface area contributed by atoms with Gasteiger partial charge in [-0.25, -0.2) is 13.1 Å². The average molecular weight is 299 g/mol. The largest absolute Gasteiger partial charge is 0.480 e. The van der Waals surface area contributed by atoms with Gasteiger partial charge in [-0.1, -0.05) is 0 Å². The van der Waals surface area contributed by atoms with E-state index in [4.69, 9.17) is 9.52 Å². The molecule has 2 aromatic rings. The summed E-state index contributed by atoms with van der Waals surface area (Å²) in [4.78, 5) is 10.4. The van der Waals surface area contributed by atoms with Crippen LogP contribution in [-0.2, 0) is 27.8 Å². The normalized spacial score (nSPS) is 11.6. The van der Waals surface area contributed by atoms with E-state index in [2.05, 4.69) is 9.82 Å². The fourth-order valence-electron chi connectivity index (χ4n) is 1.56. The van der Waals surface area contributed by atoms with Crippen molar-refractivity contribution in [3.05, 3.63) is 36.5 Å². The monoisotopic (exact) mass is 299 g/mol. The van der Waals surface area contributed by atoms with E-state index in [0.717, 1.165) is 10.9 Å². The Bertz CT molecular complexity index is 675. The molecule has 20 heavy (non-hydrogen) atoms. The predicted molar refractivity (Wildman–Crippen MR) is 67.5 cm³/mol. The number of hydrogen-bond donors (Lipinski definition) is 2. The molecule has 2 heterocycles. The van der Waals surface area contributed by atoms with Gasteiger partial charge < -0.3 is 9.52 Å². The second kappa shape index (κ2) is 5.88. The van der Waals surface area contributed by atoms with Gasteiger partial charge in [0.1, 0.15) is 17.2 Å². The summed E-state index contributed by atoms with van der Waals surface area (Å²) in [7, 11) is -3.70. The van der Waals surface area contributed by atoms with E-state index in [9.17, 15) is 13.2 Å². The zero-order valence-electron chi connectivity index (χ0n) is 10.4. The molecular weight excluding hydrogens is 286 g/mol. The van der Waals surface area contributed by atoms with Gasteiger partial charge in [0.25, 0.3) is 0 Å². The molecule has 0 amide bonds. The molecular formula is C11H13N3O5S. The molecule has 0 bridgehead atoms. The lowest BCUT2D eigenvalue weighted by atomic mass is 10.3.